The maximum atomic E-state index is 10.8. The molecule has 0 spiro atoms. The van der Waals surface area contributed by atoms with Gasteiger partial charge in [0.05, 0.1) is 11.0 Å². The van der Waals surface area contributed by atoms with Crippen molar-refractivity contribution in [1.82, 2.24) is 0 Å². The zero-order chi connectivity index (χ0) is 15.6. The summed E-state index contributed by atoms with van der Waals surface area (Å²) in [5.41, 5.74) is 2.38. The first-order valence-corrected chi connectivity index (χ1v) is 6.82. The highest BCUT2D eigenvalue weighted by molar-refractivity contribution is 5.66. The van der Waals surface area contributed by atoms with E-state index >= 15 is 0 Å². The van der Waals surface area contributed by atoms with Crippen LogP contribution in [0.1, 0.15) is 32.4 Å². The maximum absolute atomic E-state index is 10.8. The predicted molar refractivity (Wildman–Crippen MR) is 82.9 cm³/mol. The van der Waals surface area contributed by atoms with Gasteiger partial charge in [-0.15, -0.1) is 0 Å². The van der Waals surface area contributed by atoms with Gasteiger partial charge in [-0.05, 0) is 22.1 Å². The molecule has 0 fully saturated rings. The van der Waals surface area contributed by atoms with Crippen LogP contribution in [-0.4, -0.2) is 10.0 Å². The molecule has 2 rings (SSSR count). The van der Waals surface area contributed by atoms with Crippen LogP contribution < -0.4 is 0 Å². The molecule has 0 heterocycles. The molecule has 4 heteroatoms. The van der Waals surface area contributed by atoms with Crippen LogP contribution in [0.2, 0.25) is 0 Å². The maximum Gasteiger partial charge on any atom is 0.270 e. The van der Waals surface area contributed by atoms with Crippen molar-refractivity contribution in [3.63, 3.8) is 0 Å². The van der Waals surface area contributed by atoms with Crippen LogP contribution in [0.4, 0.5) is 5.69 Å². The fourth-order valence-corrected chi connectivity index (χ4v) is 2.16. The lowest BCUT2D eigenvalue weighted by atomic mass is 9.84. The minimum atomic E-state index is -0.545. The summed E-state index contributed by atoms with van der Waals surface area (Å²) in [6.07, 6.45) is -0.545. The summed E-state index contributed by atoms with van der Waals surface area (Å²) in [6, 6.07) is 14.0. The molecule has 4 nitrogen and oxygen atoms in total. The monoisotopic (exact) mass is 285 g/mol. The van der Waals surface area contributed by atoms with Crippen LogP contribution in [0, 0.1) is 15.5 Å². The molecule has 0 saturated carbocycles. The first-order valence-electron chi connectivity index (χ1n) is 6.82. The number of aliphatic hydroxyl groups is 1. The van der Waals surface area contributed by atoms with E-state index < -0.39 is 11.0 Å². The van der Waals surface area contributed by atoms with Crippen molar-refractivity contribution < 1.29 is 10.0 Å². The Balaban J connectivity index is 2.31. The lowest BCUT2D eigenvalue weighted by molar-refractivity contribution is -0.384. The topological polar surface area (TPSA) is 63.4 Å². The number of nitro groups is 1. The van der Waals surface area contributed by atoms with E-state index in [9.17, 15) is 15.2 Å². The van der Waals surface area contributed by atoms with Crippen molar-refractivity contribution in [2.45, 2.75) is 26.9 Å². The van der Waals surface area contributed by atoms with Gasteiger partial charge in [-0.1, -0.05) is 57.2 Å². The molecule has 0 aliphatic heterocycles. The van der Waals surface area contributed by atoms with Gasteiger partial charge >= 0.3 is 0 Å². The van der Waals surface area contributed by atoms with Crippen molar-refractivity contribution in [2.75, 3.05) is 0 Å². The van der Waals surface area contributed by atoms with Crippen molar-refractivity contribution >= 4 is 5.69 Å². The minimum Gasteiger partial charge on any atom is -0.388 e. The molecule has 110 valence electrons. The normalized spacial score (nSPS) is 13.0. The first kappa shape index (κ1) is 15.2. The van der Waals surface area contributed by atoms with Gasteiger partial charge in [0.2, 0.25) is 0 Å². The van der Waals surface area contributed by atoms with Gasteiger partial charge in [0.25, 0.3) is 5.69 Å². The van der Waals surface area contributed by atoms with Gasteiger partial charge in [0.1, 0.15) is 0 Å². The molecule has 0 aromatic heterocycles. The number of rotatable bonds is 3. The molecule has 0 bridgehead atoms. The van der Waals surface area contributed by atoms with E-state index in [1.165, 1.54) is 6.07 Å². The molecule has 21 heavy (non-hydrogen) atoms. The molecule has 0 aliphatic carbocycles. The smallest absolute Gasteiger partial charge is 0.270 e. The Hall–Kier alpha value is -2.20. The standard InChI is InChI=1S/C17H19NO3/c1-17(2,3)16(19)13-9-7-12(8-10-13)14-5-4-6-15(11-14)18(20)21/h4-11,16,19H,1-3H3. The van der Waals surface area contributed by atoms with Crippen LogP contribution >= 0.6 is 0 Å². The molecule has 1 unspecified atom stereocenters. The van der Waals surface area contributed by atoms with E-state index in [2.05, 4.69) is 0 Å². The van der Waals surface area contributed by atoms with Gasteiger partial charge < -0.3 is 5.11 Å². The summed E-state index contributed by atoms with van der Waals surface area (Å²) < 4.78 is 0. The van der Waals surface area contributed by atoms with Crippen molar-refractivity contribution in [3.05, 3.63) is 64.2 Å². The SMILES string of the molecule is CC(C)(C)C(O)c1ccc(-c2cccc([N+](=O)[O-])c2)cc1. The van der Waals surface area contributed by atoms with Crippen LogP contribution in [0.3, 0.4) is 0 Å². The molecule has 1 atom stereocenters. The highest BCUT2D eigenvalue weighted by atomic mass is 16.6. The summed E-state index contributed by atoms with van der Waals surface area (Å²) in [4.78, 5) is 10.4. The summed E-state index contributed by atoms with van der Waals surface area (Å²) in [5, 5.41) is 21.1. The zero-order valence-corrected chi connectivity index (χ0v) is 12.4. The summed E-state index contributed by atoms with van der Waals surface area (Å²) in [6.45, 7) is 5.93. The van der Waals surface area contributed by atoms with Crippen molar-refractivity contribution in [3.8, 4) is 11.1 Å². The lowest BCUT2D eigenvalue weighted by Crippen LogP contribution is -2.17. The van der Waals surface area contributed by atoms with Gasteiger partial charge in [0, 0.05) is 12.1 Å². The molecule has 0 amide bonds. The van der Waals surface area contributed by atoms with Crippen LogP contribution in [0.5, 0.6) is 0 Å². The van der Waals surface area contributed by atoms with Gasteiger partial charge in [-0.25, -0.2) is 0 Å². The van der Waals surface area contributed by atoms with E-state index in [-0.39, 0.29) is 11.1 Å². The molecule has 1 N–H and O–H groups in total. The van der Waals surface area contributed by atoms with E-state index in [4.69, 9.17) is 0 Å². The Morgan fingerprint density at radius 1 is 1.05 bits per heavy atom. The Bertz CT molecular complexity index is 642. The number of nitro benzene ring substituents is 1. The van der Waals surface area contributed by atoms with Crippen LogP contribution in [0.15, 0.2) is 48.5 Å². The van der Waals surface area contributed by atoms with Crippen molar-refractivity contribution in [1.29, 1.82) is 0 Å². The fourth-order valence-electron chi connectivity index (χ4n) is 2.16. The second-order valence-corrected chi connectivity index (χ2v) is 6.20. The predicted octanol–water partition coefficient (Wildman–Crippen LogP) is 4.34. The average Bonchev–Trinajstić information content (AvgIpc) is 2.46. The Morgan fingerprint density at radius 3 is 2.19 bits per heavy atom. The van der Waals surface area contributed by atoms with Crippen LogP contribution in [-0.2, 0) is 0 Å². The second-order valence-electron chi connectivity index (χ2n) is 6.20. The molecule has 2 aromatic rings. The number of nitrogens with zero attached hydrogens (tertiary/aromatic N) is 1. The van der Waals surface area contributed by atoms with Gasteiger partial charge in [-0.2, -0.15) is 0 Å². The van der Waals surface area contributed by atoms with Gasteiger partial charge in [-0.3, -0.25) is 10.1 Å². The molecule has 0 saturated heterocycles. The zero-order valence-electron chi connectivity index (χ0n) is 12.4. The van der Waals surface area contributed by atoms with Crippen LogP contribution in [0.25, 0.3) is 11.1 Å². The highest BCUT2D eigenvalue weighted by Crippen LogP contribution is 2.33. The van der Waals surface area contributed by atoms with E-state index in [1.807, 2.05) is 51.1 Å². The minimum absolute atomic E-state index is 0.0753. The number of hydrogen-bond acceptors (Lipinski definition) is 3. The summed E-state index contributed by atoms with van der Waals surface area (Å²) >= 11 is 0. The number of hydrogen-bond donors (Lipinski definition) is 1. The lowest BCUT2D eigenvalue weighted by Gasteiger charge is -2.26. The van der Waals surface area contributed by atoms with E-state index in [0.717, 1.165) is 16.7 Å². The number of aliphatic hydroxyl groups excluding tert-OH is 1. The second kappa shape index (κ2) is 5.66. The quantitative estimate of drug-likeness (QED) is 0.674. The average molecular weight is 285 g/mol. The number of benzene rings is 2. The molecular formula is C17H19NO3. The third-order valence-electron chi connectivity index (χ3n) is 3.44. The largest absolute Gasteiger partial charge is 0.388 e. The molecular weight excluding hydrogens is 266 g/mol. The Kier molecular flexibility index (Phi) is 4.09. The highest BCUT2D eigenvalue weighted by Gasteiger charge is 2.23. The Morgan fingerprint density at radius 2 is 1.67 bits per heavy atom. The molecule has 0 radical (unpaired) electrons. The molecule has 2 aromatic carbocycles. The Labute approximate surface area is 124 Å². The summed E-state index contributed by atoms with van der Waals surface area (Å²) in [5.74, 6) is 0. The van der Waals surface area contributed by atoms with E-state index in [1.54, 1.807) is 12.1 Å². The number of non-ortho nitro benzene ring substituents is 1. The summed E-state index contributed by atoms with van der Waals surface area (Å²) in [7, 11) is 0. The van der Waals surface area contributed by atoms with Gasteiger partial charge in [0.15, 0.2) is 0 Å². The third-order valence-corrected chi connectivity index (χ3v) is 3.44. The fraction of sp³-hybridized carbons (Fsp3) is 0.294. The third kappa shape index (κ3) is 3.47. The van der Waals surface area contributed by atoms with Crippen molar-refractivity contribution in [2.24, 2.45) is 5.41 Å². The van der Waals surface area contributed by atoms with E-state index in [0.29, 0.717) is 0 Å². The first-order chi connectivity index (χ1) is 9.79. The molecule has 0 aliphatic rings.